The standard InChI is InChI=1S/C61H3Cl/c62-1-61-58-54-48-34-26-18-6-3-2-4-7(6)19-21-17-11(4)13-9-5(2)8-12-10(3)16-20(18)32(34)40-38-24(16)22(12)30-28-14(8)15(9)29-31-23(13)25(17)39-41-33(21)35(27(19)26)49(48)55(58)51(41)53-45(39)43(31)47-37(29)36(28)46-42(30)44(38)52(50(40)54)59(61)56(46)57(47)60(53)61/h59H,1H2. The van der Waals surface area contributed by atoms with Gasteiger partial charge in [0.15, 0.2) is 0 Å². The molecule has 62 heavy (non-hydrogen) atoms. The van der Waals surface area contributed by atoms with E-state index < -0.39 is 0 Å². The Kier molecular flexibility index (Phi) is 1.70. The maximum Gasteiger partial charge on any atom is 0.0473 e. The van der Waals surface area contributed by atoms with Crippen molar-refractivity contribution in [2.75, 3.05) is 5.88 Å². The molecule has 4 aliphatic rings. The van der Waals surface area contributed by atoms with Crippen molar-refractivity contribution in [1.29, 1.82) is 0 Å². The second-order valence-corrected chi connectivity index (χ2v) is 23.6. The lowest BCUT2D eigenvalue weighted by molar-refractivity contribution is 0.544. The number of halogens is 1. The van der Waals surface area contributed by atoms with Crippen LogP contribution in [0.3, 0.4) is 0 Å². The van der Waals surface area contributed by atoms with E-state index in [-0.39, 0.29) is 11.3 Å². The molecule has 0 saturated carbocycles. The minimum absolute atomic E-state index is 0.255. The Labute approximate surface area is 340 Å². The van der Waals surface area contributed by atoms with Crippen LogP contribution < -0.4 is 0 Å². The van der Waals surface area contributed by atoms with Crippen LogP contribution in [0.5, 0.6) is 0 Å². The van der Waals surface area contributed by atoms with Crippen molar-refractivity contribution < 1.29 is 0 Å². The van der Waals surface area contributed by atoms with Crippen molar-refractivity contribution in [3.63, 3.8) is 0 Å². The van der Waals surface area contributed by atoms with Crippen LogP contribution in [0.2, 0.25) is 0 Å². The number of benzene rings is 17. The summed E-state index contributed by atoms with van der Waals surface area (Å²) in [7, 11) is 0. The van der Waals surface area contributed by atoms with Crippen molar-refractivity contribution >= 4 is 302 Å². The number of rotatable bonds is 1. The Balaban J connectivity index is 1.32. The largest absolute Gasteiger partial charge is 0.125 e. The summed E-state index contributed by atoms with van der Waals surface area (Å²) in [6, 6.07) is 0. The van der Waals surface area contributed by atoms with Gasteiger partial charge in [0.25, 0.3) is 0 Å². The highest BCUT2D eigenvalue weighted by molar-refractivity contribution is 6.82. The number of hydrogen-bond donors (Lipinski definition) is 0. The van der Waals surface area contributed by atoms with Crippen LogP contribution in [0.15, 0.2) is 0 Å². The van der Waals surface area contributed by atoms with Gasteiger partial charge in [0.1, 0.15) is 0 Å². The molecule has 0 nitrogen and oxygen atoms in total. The lowest BCUT2D eigenvalue weighted by atomic mass is 9.60. The molecule has 0 saturated heterocycles. The lowest BCUT2D eigenvalue weighted by Crippen LogP contribution is -2.37. The van der Waals surface area contributed by atoms with Crippen molar-refractivity contribution in [3.8, 4) is 0 Å². The summed E-state index contributed by atoms with van der Waals surface area (Å²) in [6.45, 7) is 0. The summed E-state index contributed by atoms with van der Waals surface area (Å²) in [6.07, 6.45) is 0. The molecule has 0 bridgehead atoms. The summed E-state index contributed by atoms with van der Waals surface area (Å²) in [4.78, 5) is 0. The molecular formula is C61H3Cl. The summed E-state index contributed by atoms with van der Waals surface area (Å²) in [5, 5.41) is 89.3. The van der Waals surface area contributed by atoms with E-state index in [2.05, 4.69) is 0 Å². The smallest absolute Gasteiger partial charge is 0.0473 e. The Morgan fingerprint density at radius 2 is 0.339 bits per heavy atom. The fraction of sp³-hybridized carbons (Fsp3) is 0.0492. The zero-order valence-corrected chi connectivity index (χ0v) is 31.9. The lowest BCUT2D eigenvalue weighted by Gasteiger charge is -2.42. The molecule has 0 radical (unpaired) electrons. The molecule has 0 fully saturated rings. The SMILES string of the molecule is ClCC12c3c4c5c6c7c8c(c9c%10c1c1c%11c3c3c%12c4c4c6c6c7c7c%13c8c9c8c9c%10c1c1c%10c%11c3c3c%11c%12c4c4c6c6c7c7c%13c8c8c9c1c1c%10c3c3c%11c4c6c4c7c8c1c34)C52. The monoisotopic (exact) mass is 770 g/mol. The van der Waals surface area contributed by atoms with E-state index in [0.717, 1.165) is 0 Å². The van der Waals surface area contributed by atoms with Gasteiger partial charge in [0.05, 0.1) is 0 Å². The van der Waals surface area contributed by atoms with Gasteiger partial charge in [0, 0.05) is 17.2 Å². The molecule has 254 valence electrons. The topological polar surface area (TPSA) is 0 Å². The van der Waals surface area contributed by atoms with Gasteiger partial charge < -0.3 is 0 Å². The highest BCUT2D eigenvalue weighted by Gasteiger charge is 2.62. The molecule has 28 aromatic rings. The molecule has 1 heteroatoms. The van der Waals surface area contributed by atoms with E-state index in [1.807, 2.05) is 0 Å². The van der Waals surface area contributed by atoms with Crippen LogP contribution in [0.25, 0.3) is 291 Å². The average Bonchev–Trinajstić information content (AvgIpc) is 4.13. The van der Waals surface area contributed by atoms with Crippen LogP contribution >= 0.6 is 11.6 Å². The molecule has 0 aromatic heterocycles. The highest BCUT2D eigenvalue weighted by Crippen LogP contribution is 2.83. The maximum absolute atomic E-state index is 8.15. The third-order valence-electron chi connectivity index (χ3n) is 23.5. The molecule has 0 spiro atoms. The van der Waals surface area contributed by atoms with Gasteiger partial charge in [-0.3, -0.25) is 0 Å². The summed E-state index contributed by atoms with van der Waals surface area (Å²) >= 11 is 8.15. The molecule has 2 unspecified atom stereocenters. The Bertz CT molecular complexity index is 6950. The minimum Gasteiger partial charge on any atom is -0.125 e. The van der Waals surface area contributed by atoms with Gasteiger partial charge in [0.2, 0.25) is 0 Å². The molecule has 0 heterocycles. The highest BCUT2D eigenvalue weighted by atomic mass is 35.5. The first-order valence-electron chi connectivity index (χ1n) is 23.2. The number of alkyl halides is 1. The predicted molar refractivity (Wildman–Crippen MR) is 266 cm³/mol. The first kappa shape index (κ1) is 22.0. The molecule has 4 aliphatic carbocycles. The predicted octanol–water partition coefficient (Wildman–Crippen LogP) is 17.4. The fourth-order valence-electron chi connectivity index (χ4n) is 23.6. The van der Waals surface area contributed by atoms with Crippen LogP contribution in [0.1, 0.15) is 28.2 Å². The van der Waals surface area contributed by atoms with E-state index in [0.29, 0.717) is 5.88 Å². The zero-order chi connectivity index (χ0) is 36.3. The second-order valence-electron chi connectivity index (χ2n) is 23.4. The fourth-order valence-corrected chi connectivity index (χ4v) is 24.0. The van der Waals surface area contributed by atoms with E-state index >= 15 is 0 Å². The quantitative estimate of drug-likeness (QED) is 0.115. The Hall–Kier alpha value is -7.25. The van der Waals surface area contributed by atoms with E-state index in [1.165, 1.54) is 0 Å². The summed E-state index contributed by atoms with van der Waals surface area (Å²) < 4.78 is 0. The van der Waals surface area contributed by atoms with Gasteiger partial charge in [-0.25, -0.2) is 0 Å². The van der Waals surface area contributed by atoms with Gasteiger partial charge in [-0.05, 0) is 313 Å². The molecular weight excluding hydrogens is 768 g/mol. The van der Waals surface area contributed by atoms with E-state index in [1.54, 1.807) is 313 Å². The summed E-state index contributed by atoms with van der Waals surface area (Å²) in [5.74, 6) is 0.901. The van der Waals surface area contributed by atoms with Gasteiger partial charge >= 0.3 is 0 Å². The van der Waals surface area contributed by atoms with E-state index in [9.17, 15) is 0 Å². The van der Waals surface area contributed by atoms with Crippen molar-refractivity contribution in [2.24, 2.45) is 0 Å². The van der Waals surface area contributed by atoms with Gasteiger partial charge in [-0.1, -0.05) is 0 Å². The maximum atomic E-state index is 8.15. The van der Waals surface area contributed by atoms with Crippen molar-refractivity contribution in [2.45, 2.75) is 11.3 Å². The second kappa shape index (κ2) is 4.79. The molecule has 2 atom stereocenters. The molecule has 0 amide bonds. The van der Waals surface area contributed by atoms with Crippen molar-refractivity contribution in [3.05, 3.63) is 22.3 Å². The van der Waals surface area contributed by atoms with Crippen LogP contribution in [-0.2, 0) is 5.41 Å². The third-order valence-corrected chi connectivity index (χ3v) is 23.9. The van der Waals surface area contributed by atoms with E-state index in [4.69, 9.17) is 11.6 Å². The first-order valence-corrected chi connectivity index (χ1v) is 23.8. The summed E-state index contributed by atoms with van der Waals surface area (Å²) in [5.41, 5.74) is 6.48. The van der Waals surface area contributed by atoms with Crippen molar-refractivity contribution in [1.82, 2.24) is 0 Å². The number of hydrogen-bond acceptors (Lipinski definition) is 0. The van der Waals surface area contributed by atoms with Crippen LogP contribution in [0.4, 0.5) is 0 Å². The van der Waals surface area contributed by atoms with Crippen LogP contribution in [-0.4, -0.2) is 5.88 Å². The zero-order valence-electron chi connectivity index (χ0n) is 31.2. The Morgan fingerprint density at radius 3 is 0.613 bits per heavy atom. The third kappa shape index (κ3) is 1.08. The minimum atomic E-state index is -0.285. The normalized spacial score (nSPS) is 21.9. The molecule has 32 rings (SSSR count). The average molecular weight is 771 g/mol. The van der Waals surface area contributed by atoms with Gasteiger partial charge in [-0.15, -0.1) is 11.6 Å². The van der Waals surface area contributed by atoms with Crippen LogP contribution in [0, 0.1) is 0 Å². The first-order chi connectivity index (χ1) is 30.9. The molecule has 0 aliphatic heterocycles. The van der Waals surface area contributed by atoms with Gasteiger partial charge in [-0.2, -0.15) is 0 Å². The molecule has 0 N–H and O–H groups in total. The Morgan fingerprint density at radius 1 is 0.194 bits per heavy atom. The molecule has 28 aromatic carbocycles.